The summed E-state index contributed by atoms with van der Waals surface area (Å²) in [4.78, 5) is 36.1. The molecule has 7 heteroatoms. The highest BCUT2D eigenvalue weighted by atomic mass is 79.9. The first-order valence-corrected chi connectivity index (χ1v) is 7.30. The number of aromatic hydroxyl groups is 2. The molecule has 0 aliphatic heterocycles. The second kappa shape index (κ2) is 5.20. The SMILES string of the molecule is O=C(O)Cc1c(O)c2c(c(O)c1Br)C(=O)c1ccccc1C2=O. The number of carboxylic acids is 1. The van der Waals surface area contributed by atoms with E-state index in [0.29, 0.717) is 0 Å². The van der Waals surface area contributed by atoms with Gasteiger partial charge in [0.15, 0.2) is 11.6 Å². The number of phenolic OH excluding ortho intramolecular Hbond substituents is 2. The van der Waals surface area contributed by atoms with Gasteiger partial charge < -0.3 is 15.3 Å². The van der Waals surface area contributed by atoms with E-state index in [-0.39, 0.29) is 32.3 Å². The highest BCUT2D eigenvalue weighted by Gasteiger charge is 2.37. The average molecular weight is 377 g/mol. The molecule has 0 radical (unpaired) electrons. The number of aliphatic carboxylic acids is 1. The van der Waals surface area contributed by atoms with E-state index in [4.69, 9.17) is 5.11 Å². The van der Waals surface area contributed by atoms with E-state index >= 15 is 0 Å². The summed E-state index contributed by atoms with van der Waals surface area (Å²) in [5.74, 6) is -3.66. The average Bonchev–Trinajstić information content (AvgIpc) is 2.52. The van der Waals surface area contributed by atoms with Crippen LogP contribution in [0.4, 0.5) is 0 Å². The van der Waals surface area contributed by atoms with Crippen LogP contribution >= 0.6 is 15.9 Å². The predicted octanol–water partition coefficient (Wildman–Crippen LogP) is 2.26. The number of carbonyl (C=O) groups is 3. The fraction of sp³-hybridized carbons (Fsp3) is 0.0625. The fourth-order valence-electron chi connectivity index (χ4n) is 2.65. The number of rotatable bonds is 2. The molecule has 0 saturated carbocycles. The monoisotopic (exact) mass is 376 g/mol. The molecular weight excluding hydrogens is 368 g/mol. The summed E-state index contributed by atoms with van der Waals surface area (Å²) in [6, 6.07) is 6.05. The molecule has 2 aromatic carbocycles. The Morgan fingerprint density at radius 1 is 0.957 bits per heavy atom. The molecule has 0 aromatic heterocycles. The van der Waals surface area contributed by atoms with Gasteiger partial charge >= 0.3 is 5.97 Å². The van der Waals surface area contributed by atoms with E-state index in [9.17, 15) is 24.6 Å². The van der Waals surface area contributed by atoms with Crippen LogP contribution < -0.4 is 0 Å². The van der Waals surface area contributed by atoms with Crippen LogP contribution in [0.2, 0.25) is 0 Å². The van der Waals surface area contributed by atoms with Crippen LogP contribution in [0.1, 0.15) is 37.4 Å². The van der Waals surface area contributed by atoms with Gasteiger partial charge in [0.2, 0.25) is 0 Å². The van der Waals surface area contributed by atoms with Crippen molar-refractivity contribution in [1.82, 2.24) is 0 Å². The smallest absolute Gasteiger partial charge is 0.308 e. The number of ketones is 2. The van der Waals surface area contributed by atoms with E-state index in [1.807, 2.05) is 0 Å². The molecule has 0 bridgehead atoms. The van der Waals surface area contributed by atoms with Crippen LogP contribution in [0.5, 0.6) is 11.5 Å². The van der Waals surface area contributed by atoms with Crippen LogP contribution in [-0.2, 0) is 11.2 Å². The molecule has 0 heterocycles. The Balaban J connectivity index is 2.37. The third kappa shape index (κ3) is 2.12. The van der Waals surface area contributed by atoms with Crippen molar-refractivity contribution in [3.8, 4) is 11.5 Å². The summed E-state index contributed by atoms with van der Waals surface area (Å²) in [5, 5.41) is 29.5. The molecule has 0 atom stereocenters. The van der Waals surface area contributed by atoms with Gasteiger partial charge in [0, 0.05) is 16.7 Å². The predicted molar refractivity (Wildman–Crippen MR) is 82.1 cm³/mol. The molecule has 0 fully saturated rings. The van der Waals surface area contributed by atoms with Gasteiger partial charge in [-0.2, -0.15) is 0 Å². The molecular formula is C16H9BrO6. The maximum Gasteiger partial charge on any atom is 0.308 e. The van der Waals surface area contributed by atoms with Crippen molar-refractivity contribution in [3.05, 3.63) is 56.6 Å². The first-order valence-electron chi connectivity index (χ1n) is 6.51. The summed E-state index contributed by atoms with van der Waals surface area (Å²) in [7, 11) is 0. The molecule has 116 valence electrons. The molecule has 6 nitrogen and oxygen atoms in total. The van der Waals surface area contributed by atoms with Crippen molar-refractivity contribution in [1.29, 1.82) is 0 Å². The molecule has 23 heavy (non-hydrogen) atoms. The van der Waals surface area contributed by atoms with Crippen LogP contribution in [0, 0.1) is 0 Å². The summed E-state index contributed by atoms with van der Waals surface area (Å²) in [5.41, 5.74) is -0.631. The van der Waals surface area contributed by atoms with Crippen molar-refractivity contribution in [2.75, 3.05) is 0 Å². The molecule has 1 aliphatic carbocycles. The minimum Gasteiger partial charge on any atom is -0.507 e. The first-order chi connectivity index (χ1) is 10.8. The largest absolute Gasteiger partial charge is 0.507 e. The normalized spacial score (nSPS) is 12.7. The Kier molecular flexibility index (Phi) is 3.45. The Hall–Kier alpha value is -2.67. The van der Waals surface area contributed by atoms with Gasteiger partial charge in [-0.25, -0.2) is 0 Å². The highest BCUT2D eigenvalue weighted by Crippen LogP contribution is 2.45. The van der Waals surface area contributed by atoms with Gasteiger partial charge in [-0.05, 0) is 15.9 Å². The molecule has 3 rings (SSSR count). The number of carbonyl (C=O) groups excluding carboxylic acids is 2. The number of carboxylic acid groups (broad SMARTS) is 1. The fourth-order valence-corrected chi connectivity index (χ4v) is 3.17. The van der Waals surface area contributed by atoms with Crippen molar-refractivity contribution in [3.63, 3.8) is 0 Å². The van der Waals surface area contributed by atoms with Gasteiger partial charge in [-0.1, -0.05) is 24.3 Å². The van der Waals surface area contributed by atoms with Crippen LogP contribution in [0.25, 0.3) is 0 Å². The lowest BCUT2D eigenvalue weighted by molar-refractivity contribution is -0.136. The Morgan fingerprint density at radius 2 is 1.43 bits per heavy atom. The highest BCUT2D eigenvalue weighted by molar-refractivity contribution is 9.10. The van der Waals surface area contributed by atoms with Crippen molar-refractivity contribution in [2.45, 2.75) is 6.42 Å². The van der Waals surface area contributed by atoms with E-state index < -0.39 is 35.5 Å². The lowest BCUT2D eigenvalue weighted by atomic mass is 9.82. The minimum atomic E-state index is -1.25. The number of fused-ring (bicyclic) bond motifs is 2. The Bertz CT molecular complexity index is 900. The second-order valence-electron chi connectivity index (χ2n) is 5.01. The summed E-state index contributed by atoms with van der Waals surface area (Å²) >= 11 is 2.99. The van der Waals surface area contributed by atoms with E-state index in [1.165, 1.54) is 12.1 Å². The third-order valence-corrected chi connectivity index (χ3v) is 4.53. The van der Waals surface area contributed by atoms with Gasteiger partial charge in [0.25, 0.3) is 0 Å². The van der Waals surface area contributed by atoms with Crippen molar-refractivity contribution >= 4 is 33.5 Å². The van der Waals surface area contributed by atoms with E-state index in [1.54, 1.807) is 12.1 Å². The molecule has 3 N–H and O–H groups in total. The number of hydrogen-bond donors (Lipinski definition) is 3. The van der Waals surface area contributed by atoms with Crippen LogP contribution in [0.3, 0.4) is 0 Å². The Labute approximate surface area is 138 Å². The number of benzene rings is 2. The van der Waals surface area contributed by atoms with E-state index in [0.717, 1.165) is 0 Å². The maximum atomic E-state index is 12.6. The zero-order valence-corrected chi connectivity index (χ0v) is 13.0. The lowest BCUT2D eigenvalue weighted by Gasteiger charge is -2.22. The second-order valence-corrected chi connectivity index (χ2v) is 5.81. The number of hydrogen-bond acceptors (Lipinski definition) is 5. The number of phenols is 2. The lowest BCUT2D eigenvalue weighted by Crippen LogP contribution is -2.22. The van der Waals surface area contributed by atoms with Gasteiger partial charge in [0.05, 0.1) is 22.0 Å². The molecule has 0 unspecified atom stereocenters. The molecule has 2 aromatic rings. The van der Waals surface area contributed by atoms with Crippen molar-refractivity contribution in [2.24, 2.45) is 0 Å². The maximum absolute atomic E-state index is 12.6. The summed E-state index contributed by atoms with van der Waals surface area (Å²) in [6.07, 6.45) is -0.615. The zero-order chi connectivity index (χ0) is 16.9. The van der Waals surface area contributed by atoms with Crippen LogP contribution in [0.15, 0.2) is 28.7 Å². The van der Waals surface area contributed by atoms with Crippen LogP contribution in [-0.4, -0.2) is 32.9 Å². The number of halogens is 1. The topological polar surface area (TPSA) is 112 Å². The van der Waals surface area contributed by atoms with E-state index in [2.05, 4.69) is 15.9 Å². The van der Waals surface area contributed by atoms with Gasteiger partial charge in [-0.3, -0.25) is 14.4 Å². The summed E-state index contributed by atoms with van der Waals surface area (Å²) in [6.45, 7) is 0. The standard InChI is InChI=1S/C16H9BrO6/c17-12-8(5-9(18)19)15(22)10-11(16(12)23)14(21)7-4-2-1-3-6(7)13(10)20/h1-4,22-23H,5H2,(H,18,19). The van der Waals surface area contributed by atoms with Gasteiger partial charge in [0.1, 0.15) is 11.5 Å². The van der Waals surface area contributed by atoms with Crippen molar-refractivity contribution < 1.29 is 29.7 Å². The van der Waals surface area contributed by atoms with Gasteiger partial charge in [-0.15, -0.1) is 0 Å². The summed E-state index contributed by atoms with van der Waals surface area (Å²) < 4.78 is -0.114. The first kappa shape index (κ1) is 15.2. The molecule has 0 spiro atoms. The Morgan fingerprint density at radius 3 is 1.91 bits per heavy atom. The zero-order valence-electron chi connectivity index (χ0n) is 11.5. The quantitative estimate of drug-likeness (QED) is 0.591. The third-order valence-electron chi connectivity index (χ3n) is 3.68. The minimum absolute atomic E-state index is 0.100. The molecule has 0 saturated heterocycles. The molecule has 1 aliphatic rings. The molecule has 0 amide bonds.